The molecular weight excluding hydrogens is 304 g/mol. The molecule has 1 unspecified atom stereocenters. The van der Waals surface area contributed by atoms with Gasteiger partial charge < -0.3 is 15.0 Å². The van der Waals surface area contributed by atoms with Crippen LogP contribution < -0.4 is 10.2 Å². The first-order chi connectivity index (χ1) is 11.3. The average molecular weight is 328 g/mol. The number of hydrogen-bond donors (Lipinski definition) is 1. The summed E-state index contributed by atoms with van der Waals surface area (Å²) in [4.78, 5) is 25.3. The number of ether oxygens (including phenoxy) is 1. The van der Waals surface area contributed by atoms with Gasteiger partial charge in [0.25, 0.3) is 0 Å². The number of nitrogens with one attached hydrogen (secondary N) is 1. The van der Waals surface area contributed by atoms with E-state index in [1.165, 1.54) is 0 Å². The molecule has 0 spiro atoms. The largest absolute Gasteiger partial charge is 0.444 e. The zero-order chi connectivity index (χ0) is 17.7. The van der Waals surface area contributed by atoms with Gasteiger partial charge in [-0.05, 0) is 44.9 Å². The summed E-state index contributed by atoms with van der Waals surface area (Å²) in [6.07, 6.45) is 6.10. The van der Waals surface area contributed by atoms with Gasteiger partial charge in [-0.25, -0.2) is 4.79 Å². The van der Waals surface area contributed by atoms with Crippen LogP contribution in [0, 0.1) is 18.3 Å². The number of hydrogen-bond acceptors (Lipinski definition) is 3. The van der Waals surface area contributed by atoms with E-state index in [4.69, 9.17) is 11.2 Å². The first kappa shape index (κ1) is 17.9. The smallest absolute Gasteiger partial charge is 0.407 e. The first-order valence-corrected chi connectivity index (χ1v) is 8.11. The molecule has 5 nitrogen and oxygen atoms in total. The third kappa shape index (κ3) is 5.02. The summed E-state index contributed by atoms with van der Waals surface area (Å²) in [5.74, 6) is 2.71. The second-order valence-electron chi connectivity index (χ2n) is 6.92. The van der Waals surface area contributed by atoms with E-state index in [1.807, 2.05) is 45.0 Å². The lowest BCUT2D eigenvalue weighted by molar-refractivity contribution is -0.117. The fraction of sp³-hybridized carbons (Fsp3) is 0.474. The number of amides is 2. The Morgan fingerprint density at radius 3 is 2.58 bits per heavy atom. The van der Waals surface area contributed by atoms with E-state index in [0.29, 0.717) is 25.9 Å². The number of alkyl carbamates (subject to hydrolysis) is 1. The third-order valence-electron chi connectivity index (χ3n) is 3.69. The van der Waals surface area contributed by atoms with E-state index in [2.05, 4.69) is 11.2 Å². The number of rotatable bonds is 4. The first-order valence-electron chi connectivity index (χ1n) is 8.11. The minimum atomic E-state index is -0.496. The number of anilines is 1. The maximum Gasteiger partial charge on any atom is 0.407 e. The van der Waals surface area contributed by atoms with Crippen molar-refractivity contribution in [1.29, 1.82) is 0 Å². The normalized spacial score (nSPS) is 17.5. The van der Waals surface area contributed by atoms with Crippen LogP contribution in [0.1, 0.15) is 32.8 Å². The zero-order valence-corrected chi connectivity index (χ0v) is 14.5. The van der Waals surface area contributed by atoms with Crippen LogP contribution in [-0.2, 0) is 16.0 Å². The van der Waals surface area contributed by atoms with E-state index >= 15 is 0 Å². The summed E-state index contributed by atoms with van der Waals surface area (Å²) in [6, 6.07) is 7.75. The minimum absolute atomic E-state index is 0.00444. The Balaban J connectivity index is 1.84. The number of benzene rings is 1. The van der Waals surface area contributed by atoms with Gasteiger partial charge in [-0.1, -0.05) is 12.1 Å². The Kier molecular flexibility index (Phi) is 5.50. The molecule has 2 amide bonds. The SMILES string of the molecule is C#CC1CC(=O)N(c2ccc(CCNC(=O)OC(C)(C)C)cc2)C1. The zero-order valence-electron chi connectivity index (χ0n) is 14.5. The van der Waals surface area contributed by atoms with E-state index in [0.717, 1.165) is 11.3 Å². The van der Waals surface area contributed by atoms with Crippen LogP contribution in [0.4, 0.5) is 10.5 Å². The fourth-order valence-corrected chi connectivity index (χ4v) is 2.53. The molecule has 1 saturated heterocycles. The molecule has 0 radical (unpaired) electrons. The van der Waals surface area contributed by atoms with Gasteiger partial charge in [-0.15, -0.1) is 12.3 Å². The van der Waals surface area contributed by atoms with Crippen LogP contribution in [0.2, 0.25) is 0 Å². The number of carbonyl (C=O) groups excluding carboxylic acids is 2. The second kappa shape index (κ2) is 7.39. The molecule has 128 valence electrons. The molecule has 1 aromatic carbocycles. The van der Waals surface area contributed by atoms with Crippen molar-refractivity contribution in [3.63, 3.8) is 0 Å². The number of nitrogens with zero attached hydrogens (tertiary/aromatic N) is 1. The Hall–Kier alpha value is -2.48. The molecule has 1 aliphatic rings. The molecule has 1 aromatic rings. The second-order valence-corrected chi connectivity index (χ2v) is 6.92. The van der Waals surface area contributed by atoms with Crippen LogP contribution in [0.15, 0.2) is 24.3 Å². The molecule has 1 fully saturated rings. The van der Waals surface area contributed by atoms with Gasteiger partial charge in [0.1, 0.15) is 5.60 Å². The van der Waals surface area contributed by atoms with Gasteiger partial charge in [0.2, 0.25) is 5.91 Å². The summed E-state index contributed by atoms with van der Waals surface area (Å²) in [6.45, 7) is 6.56. The predicted molar refractivity (Wildman–Crippen MR) is 93.7 cm³/mol. The summed E-state index contributed by atoms with van der Waals surface area (Å²) in [5.41, 5.74) is 1.45. The van der Waals surface area contributed by atoms with Gasteiger partial charge >= 0.3 is 6.09 Å². The predicted octanol–water partition coefficient (Wildman–Crippen LogP) is 2.74. The maximum atomic E-state index is 12.0. The van der Waals surface area contributed by atoms with Gasteiger partial charge in [0.05, 0.1) is 0 Å². The van der Waals surface area contributed by atoms with Gasteiger partial charge in [0, 0.05) is 31.1 Å². The summed E-state index contributed by atoms with van der Waals surface area (Å²) >= 11 is 0. The van der Waals surface area contributed by atoms with Gasteiger partial charge in [-0.2, -0.15) is 0 Å². The molecule has 0 saturated carbocycles. The highest BCUT2D eigenvalue weighted by atomic mass is 16.6. The van der Waals surface area contributed by atoms with Crippen LogP contribution in [0.5, 0.6) is 0 Å². The van der Waals surface area contributed by atoms with Crippen molar-refractivity contribution in [2.75, 3.05) is 18.0 Å². The maximum absolute atomic E-state index is 12.0. The van der Waals surface area contributed by atoms with Gasteiger partial charge in [-0.3, -0.25) is 4.79 Å². The fourth-order valence-electron chi connectivity index (χ4n) is 2.53. The molecule has 1 heterocycles. The van der Waals surface area contributed by atoms with Crippen molar-refractivity contribution in [1.82, 2.24) is 5.32 Å². The number of carbonyl (C=O) groups is 2. The highest BCUT2D eigenvalue weighted by molar-refractivity contribution is 5.96. The lowest BCUT2D eigenvalue weighted by atomic mass is 10.1. The van der Waals surface area contributed by atoms with Crippen molar-refractivity contribution in [3.05, 3.63) is 29.8 Å². The molecule has 0 aromatic heterocycles. The van der Waals surface area contributed by atoms with E-state index < -0.39 is 11.7 Å². The molecular formula is C19H24N2O3. The molecule has 5 heteroatoms. The molecule has 1 aliphatic heterocycles. The van der Waals surface area contributed by atoms with Crippen LogP contribution in [0.25, 0.3) is 0 Å². The molecule has 1 atom stereocenters. The Morgan fingerprint density at radius 2 is 2.04 bits per heavy atom. The quantitative estimate of drug-likeness (QED) is 0.865. The van der Waals surface area contributed by atoms with Crippen LogP contribution >= 0.6 is 0 Å². The summed E-state index contributed by atoms with van der Waals surface area (Å²) in [7, 11) is 0. The lowest BCUT2D eigenvalue weighted by Crippen LogP contribution is -2.33. The standard InChI is InChI=1S/C19H24N2O3/c1-5-14-12-17(22)21(13-14)16-8-6-15(7-9-16)10-11-20-18(23)24-19(2,3)4/h1,6-9,14H,10-13H2,2-4H3,(H,20,23). The minimum Gasteiger partial charge on any atom is -0.444 e. The Labute approximate surface area is 143 Å². The topological polar surface area (TPSA) is 58.6 Å². The molecule has 0 bridgehead atoms. The molecule has 24 heavy (non-hydrogen) atoms. The van der Waals surface area contributed by atoms with Crippen LogP contribution in [-0.4, -0.2) is 30.7 Å². The van der Waals surface area contributed by atoms with E-state index in [-0.39, 0.29) is 11.8 Å². The van der Waals surface area contributed by atoms with Gasteiger partial charge in [0.15, 0.2) is 0 Å². The summed E-state index contributed by atoms with van der Waals surface area (Å²) in [5, 5.41) is 2.73. The third-order valence-corrected chi connectivity index (χ3v) is 3.69. The molecule has 0 aliphatic carbocycles. The summed E-state index contributed by atoms with van der Waals surface area (Å²) < 4.78 is 5.18. The number of terminal acetylenes is 1. The van der Waals surface area contributed by atoms with Crippen molar-refractivity contribution < 1.29 is 14.3 Å². The lowest BCUT2D eigenvalue weighted by Gasteiger charge is -2.19. The van der Waals surface area contributed by atoms with Crippen LogP contribution in [0.3, 0.4) is 0 Å². The Morgan fingerprint density at radius 1 is 1.38 bits per heavy atom. The highest BCUT2D eigenvalue weighted by Gasteiger charge is 2.29. The van der Waals surface area contributed by atoms with E-state index in [1.54, 1.807) is 4.90 Å². The van der Waals surface area contributed by atoms with Crippen molar-refractivity contribution in [3.8, 4) is 12.3 Å². The average Bonchev–Trinajstić information content (AvgIpc) is 2.87. The van der Waals surface area contributed by atoms with E-state index in [9.17, 15) is 9.59 Å². The Bertz CT molecular complexity index is 638. The van der Waals surface area contributed by atoms with Crippen molar-refractivity contribution in [2.45, 2.75) is 39.2 Å². The monoisotopic (exact) mass is 328 g/mol. The highest BCUT2D eigenvalue weighted by Crippen LogP contribution is 2.24. The van der Waals surface area contributed by atoms with Crippen molar-refractivity contribution >= 4 is 17.7 Å². The molecule has 1 N–H and O–H groups in total. The molecule has 2 rings (SSSR count). The van der Waals surface area contributed by atoms with Crippen molar-refractivity contribution in [2.24, 2.45) is 5.92 Å².